The lowest BCUT2D eigenvalue weighted by Gasteiger charge is -2.50. The molecule has 4 rings (SSSR count). The molecule has 0 aromatic carbocycles. The molecule has 1 atom stereocenters. The SMILES string of the molecule is C=C.CSC(=N)c1c[nH]c2nccc(N3CCCC4(CCN4)C3)c12. The minimum Gasteiger partial charge on any atom is -0.369 e. The Kier molecular flexibility index (Phi) is 4.96. The Hall–Kier alpha value is -1.79. The molecule has 2 aliphatic rings. The van der Waals surface area contributed by atoms with Gasteiger partial charge in [-0.25, -0.2) is 4.98 Å². The summed E-state index contributed by atoms with van der Waals surface area (Å²) in [6.45, 7) is 9.29. The van der Waals surface area contributed by atoms with Gasteiger partial charge < -0.3 is 15.2 Å². The van der Waals surface area contributed by atoms with Gasteiger partial charge >= 0.3 is 0 Å². The van der Waals surface area contributed by atoms with Crippen LogP contribution in [0.15, 0.2) is 31.6 Å². The molecule has 4 heterocycles. The number of thioether (sulfide) groups is 1. The van der Waals surface area contributed by atoms with E-state index in [2.05, 4.69) is 39.4 Å². The first kappa shape index (κ1) is 17.0. The van der Waals surface area contributed by atoms with E-state index in [4.69, 9.17) is 5.41 Å². The first-order valence-electron chi connectivity index (χ1n) is 8.31. The van der Waals surface area contributed by atoms with Crippen LogP contribution in [0.1, 0.15) is 24.8 Å². The Balaban J connectivity index is 0.000000815. The van der Waals surface area contributed by atoms with Gasteiger partial charge in [-0.05, 0) is 38.1 Å². The molecule has 0 amide bonds. The van der Waals surface area contributed by atoms with E-state index in [-0.39, 0.29) is 0 Å². The number of hydrogen-bond acceptors (Lipinski definition) is 5. The van der Waals surface area contributed by atoms with Crippen LogP contribution in [-0.4, -0.2) is 46.4 Å². The highest BCUT2D eigenvalue weighted by molar-refractivity contribution is 8.13. The van der Waals surface area contributed by atoms with Crippen molar-refractivity contribution in [1.29, 1.82) is 5.41 Å². The number of anilines is 1. The highest BCUT2D eigenvalue weighted by Gasteiger charge is 2.40. The molecule has 6 heteroatoms. The van der Waals surface area contributed by atoms with Crippen molar-refractivity contribution < 1.29 is 0 Å². The van der Waals surface area contributed by atoms with Crippen molar-refractivity contribution in [3.8, 4) is 0 Å². The number of aromatic amines is 1. The molecule has 2 saturated heterocycles. The van der Waals surface area contributed by atoms with E-state index in [1.807, 2.05) is 18.6 Å². The van der Waals surface area contributed by atoms with Crippen LogP contribution in [0.25, 0.3) is 11.0 Å². The van der Waals surface area contributed by atoms with Gasteiger partial charge in [0.1, 0.15) is 5.65 Å². The molecule has 2 aliphatic heterocycles. The van der Waals surface area contributed by atoms with E-state index < -0.39 is 0 Å². The summed E-state index contributed by atoms with van der Waals surface area (Å²) >= 11 is 1.47. The van der Waals surface area contributed by atoms with Gasteiger partial charge in [0.25, 0.3) is 0 Å². The Labute approximate surface area is 147 Å². The minimum atomic E-state index is 0.317. The van der Waals surface area contributed by atoms with Crippen LogP contribution in [0.4, 0.5) is 5.69 Å². The molecular formula is C18H25N5S. The molecule has 1 spiro atoms. The maximum atomic E-state index is 8.20. The van der Waals surface area contributed by atoms with Gasteiger partial charge in [0, 0.05) is 36.6 Å². The number of rotatable bonds is 2. The van der Waals surface area contributed by atoms with Crippen molar-refractivity contribution in [2.45, 2.75) is 24.8 Å². The average Bonchev–Trinajstić information content (AvgIpc) is 3.05. The smallest absolute Gasteiger partial charge is 0.140 e. The standard InChI is InChI=1S/C16H21N5S.C2H4/c1-22-14(17)11-9-19-15-13(11)12(3-6-18-15)21-8-2-4-16(10-21)5-7-20-16;1-2/h3,6,9,17,20H,2,4-5,7-8,10H2,1H3,(H,18,19);1-2H2. The van der Waals surface area contributed by atoms with E-state index in [0.717, 1.165) is 36.2 Å². The molecule has 0 radical (unpaired) electrons. The fourth-order valence-electron chi connectivity index (χ4n) is 3.76. The van der Waals surface area contributed by atoms with Crippen molar-refractivity contribution in [3.05, 3.63) is 37.2 Å². The van der Waals surface area contributed by atoms with Crippen molar-refractivity contribution in [1.82, 2.24) is 15.3 Å². The van der Waals surface area contributed by atoms with Crippen molar-refractivity contribution in [2.24, 2.45) is 0 Å². The summed E-state index contributed by atoms with van der Waals surface area (Å²) in [6, 6.07) is 2.10. The maximum absolute atomic E-state index is 8.20. The number of pyridine rings is 1. The predicted octanol–water partition coefficient (Wildman–Crippen LogP) is 3.39. The van der Waals surface area contributed by atoms with E-state index >= 15 is 0 Å². The molecule has 0 aliphatic carbocycles. The summed E-state index contributed by atoms with van der Waals surface area (Å²) in [5.41, 5.74) is 3.38. The fraction of sp³-hybridized carbons (Fsp3) is 0.444. The highest BCUT2D eigenvalue weighted by Crippen LogP contribution is 2.36. The largest absolute Gasteiger partial charge is 0.369 e. The molecule has 3 N–H and O–H groups in total. The topological polar surface area (TPSA) is 67.8 Å². The molecule has 2 fully saturated rings. The zero-order valence-electron chi connectivity index (χ0n) is 14.2. The Morgan fingerprint density at radius 2 is 2.21 bits per heavy atom. The van der Waals surface area contributed by atoms with Crippen LogP contribution < -0.4 is 10.2 Å². The third-order valence-electron chi connectivity index (χ3n) is 5.02. The molecule has 0 saturated carbocycles. The minimum absolute atomic E-state index is 0.317. The lowest BCUT2D eigenvalue weighted by atomic mass is 9.80. The molecule has 0 bridgehead atoms. The van der Waals surface area contributed by atoms with Gasteiger partial charge in [-0.2, -0.15) is 0 Å². The van der Waals surface area contributed by atoms with Gasteiger partial charge in [-0.3, -0.25) is 5.41 Å². The lowest BCUT2D eigenvalue weighted by Crippen LogP contribution is -2.65. The Bertz CT molecular complexity index is 734. The predicted molar refractivity (Wildman–Crippen MR) is 104 cm³/mol. The van der Waals surface area contributed by atoms with Crippen LogP contribution in [0, 0.1) is 5.41 Å². The summed E-state index contributed by atoms with van der Waals surface area (Å²) in [5, 5.41) is 13.5. The van der Waals surface area contributed by atoms with Crippen LogP contribution in [0.2, 0.25) is 0 Å². The summed E-state index contributed by atoms with van der Waals surface area (Å²) in [4.78, 5) is 10.1. The number of nitrogens with zero attached hydrogens (tertiary/aromatic N) is 2. The molecule has 1 unspecified atom stereocenters. The molecule has 128 valence electrons. The number of nitrogens with one attached hydrogen (secondary N) is 3. The van der Waals surface area contributed by atoms with Crippen molar-refractivity contribution in [2.75, 3.05) is 30.8 Å². The average molecular weight is 344 g/mol. The van der Waals surface area contributed by atoms with Crippen LogP contribution in [0.5, 0.6) is 0 Å². The normalized spacial score (nSPS) is 22.8. The monoisotopic (exact) mass is 343 g/mol. The van der Waals surface area contributed by atoms with Crippen LogP contribution in [0.3, 0.4) is 0 Å². The van der Waals surface area contributed by atoms with Gasteiger partial charge in [0.2, 0.25) is 0 Å². The van der Waals surface area contributed by atoms with Crippen molar-refractivity contribution in [3.63, 3.8) is 0 Å². The lowest BCUT2D eigenvalue weighted by molar-refractivity contribution is 0.175. The number of hydrogen-bond donors (Lipinski definition) is 3. The van der Waals surface area contributed by atoms with E-state index in [0.29, 0.717) is 10.6 Å². The number of aromatic nitrogens is 2. The fourth-order valence-corrected chi connectivity index (χ4v) is 4.14. The second-order valence-corrected chi connectivity index (χ2v) is 7.09. The summed E-state index contributed by atoms with van der Waals surface area (Å²) in [5.74, 6) is 0. The second-order valence-electron chi connectivity index (χ2n) is 6.27. The Morgan fingerprint density at radius 3 is 2.88 bits per heavy atom. The summed E-state index contributed by atoms with van der Waals surface area (Å²) in [6.07, 6.45) is 9.51. The van der Waals surface area contributed by atoms with Crippen LogP contribution >= 0.6 is 11.8 Å². The maximum Gasteiger partial charge on any atom is 0.140 e. The molecule has 5 nitrogen and oxygen atoms in total. The first-order chi connectivity index (χ1) is 11.7. The zero-order valence-corrected chi connectivity index (χ0v) is 15.0. The molecule has 2 aromatic rings. The van der Waals surface area contributed by atoms with E-state index in [1.54, 1.807) is 0 Å². The third kappa shape index (κ3) is 2.84. The number of piperidine rings is 1. The Morgan fingerprint density at radius 1 is 1.42 bits per heavy atom. The molecule has 24 heavy (non-hydrogen) atoms. The zero-order chi connectivity index (χ0) is 17.2. The third-order valence-corrected chi connectivity index (χ3v) is 5.65. The van der Waals surface area contributed by atoms with Crippen molar-refractivity contribution >= 4 is 33.5 Å². The summed E-state index contributed by atoms with van der Waals surface area (Å²) < 4.78 is 0. The second kappa shape index (κ2) is 6.99. The summed E-state index contributed by atoms with van der Waals surface area (Å²) in [7, 11) is 0. The van der Waals surface area contributed by atoms with Gasteiger partial charge in [-0.1, -0.05) is 0 Å². The number of H-pyrrole nitrogens is 1. The van der Waals surface area contributed by atoms with Gasteiger partial charge in [0.05, 0.1) is 16.1 Å². The van der Waals surface area contributed by atoms with Gasteiger partial charge in [0.15, 0.2) is 0 Å². The van der Waals surface area contributed by atoms with E-state index in [9.17, 15) is 0 Å². The van der Waals surface area contributed by atoms with Gasteiger partial charge in [-0.15, -0.1) is 24.9 Å². The highest BCUT2D eigenvalue weighted by atomic mass is 32.2. The first-order valence-corrected chi connectivity index (χ1v) is 9.54. The quantitative estimate of drug-likeness (QED) is 0.444. The molecular weight excluding hydrogens is 318 g/mol. The van der Waals surface area contributed by atoms with E-state index in [1.165, 1.54) is 36.7 Å². The van der Waals surface area contributed by atoms with Crippen LogP contribution in [-0.2, 0) is 0 Å². The number of fused-ring (bicyclic) bond motifs is 1. The molecule has 2 aromatic heterocycles.